The molecule has 0 aliphatic carbocycles. The van der Waals surface area contributed by atoms with Crippen LogP contribution in [0.15, 0.2) is 42.5 Å². The first kappa shape index (κ1) is 19.3. The van der Waals surface area contributed by atoms with Gasteiger partial charge >= 0.3 is 0 Å². The van der Waals surface area contributed by atoms with Crippen LogP contribution in [-0.4, -0.2) is 31.3 Å². The number of ether oxygens (including phenoxy) is 2. The highest BCUT2D eigenvalue weighted by Gasteiger charge is 2.11. The molecule has 0 atom stereocenters. The second kappa shape index (κ2) is 8.87. The summed E-state index contributed by atoms with van der Waals surface area (Å²) in [6.07, 6.45) is 0. The van der Waals surface area contributed by atoms with E-state index < -0.39 is 11.8 Å². The monoisotopic (exact) mass is 376 g/mol. The Bertz CT molecular complexity index is 838. The SMILES string of the molecule is COc1cc(C(C)=O)ccc1OCC(=O)NNC(=O)c1cccc(Cl)c1. The number of hydrazine groups is 1. The molecule has 2 N–H and O–H groups in total. The summed E-state index contributed by atoms with van der Waals surface area (Å²) in [6.45, 7) is 1.08. The number of nitrogens with one attached hydrogen (secondary N) is 2. The first-order valence-electron chi connectivity index (χ1n) is 7.57. The van der Waals surface area contributed by atoms with Crippen LogP contribution in [0.4, 0.5) is 0 Å². The Labute approximate surface area is 155 Å². The highest BCUT2D eigenvalue weighted by atomic mass is 35.5. The molecule has 0 saturated heterocycles. The Morgan fingerprint density at radius 1 is 1.00 bits per heavy atom. The predicted molar refractivity (Wildman–Crippen MR) is 95.6 cm³/mol. The Morgan fingerprint density at radius 2 is 1.77 bits per heavy atom. The molecule has 26 heavy (non-hydrogen) atoms. The van der Waals surface area contributed by atoms with Gasteiger partial charge < -0.3 is 9.47 Å². The van der Waals surface area contributed by atoms with Gasteiger partial charge in [-0.05, 0) is 43.3 Å². The van der Waals surface area contributed by atoms with Crippen LogP contribution < -0.4 is 20.3 Å². The Balaban J connectivity index is 1.89. The van der Waals surface area contributed by atoms with Crippen LogP contribution in [0.25, 0.3) is 0 Å². The fourth-order valence-corrected chi connectivity index (χ4v) is 2.20. The molecule has 136 valence electrons. The van der Waals surface area contributed by atoms with E-state index in [0.717, 1.165) is 0 Å². The van der Waals surface area contributed by atoms with E-state index in [9.17, 15) is 14.4 Å². The number of carbonyl (C=O) groups excluding carboxylic acids is 3. The van der Waals surface area contributed by atoms with Crippen molar-refractivity contribution in [1.82, 2.24) is 10.9 Å². The molecule has 0 heterocycles. The number of hydrogen-bond acceptors (Lipinski definition) is 5. The zero-order chi connectivity index (χ0) is 19.1. The van der Waals surface area contributed by atoms with Crippen molar-refractivity contribution >= 4 is 29.2 Å². The number of carbonyl (C=O) groups is 3. The summed E-state index contributed by atoms with van der Waals surface area (Å²) in [6, 6.07) is 10.9. The summed E-state index contributed by atoms with van der Waals surface area (Å²) in [5.74, 6) is -0.569. The van der Waals surface area contributed by atoms with Crippen LogP contribution in [0.1, 0.15) is 27.6 Å². The third-order valence-electron chi connectivity index (χ3n) is 3.33. The highest BCUT2D eigenvalue weighted by Crippen LogP contribution is 2.28. The number of hydrogen-bond donors (Lipinski definition) is 2. The van der Waals surface area contributed by atoms with Gasteiger partial charge in [0.1, 0.15) is 0 Å². The van der Waals surface area contributed by atoms with E-state index in [4.69, 9.17) is 21.1 Å². The van der Waals surface area contributed by atoms with Gasteiger partial charge in [-0.3, -0.25) is 25.2 Å². The van der Waals surface area contributed by atoms with E-state index in [2.05, 4.69) is 10.9 Å². The van der Waals surface area contributed by atoms with Gasteiger partial charge in [-0.15, -0.1) is 0 Å². The number of benzene rings is 2. The van der Waals surface area contributed by atoms with Gasteiger partial charge in [-0.25, -0.2) is 0 Å². The molecule has 2 aromatic carbocycles. The third-order valence-corrected chi connectivity index (χ3v) is 3.57. The van der Waals surface area contributed by atoms with Crippen LogP contribution >= 0.6 is 11.6 Å². The molecule has 0 radical (unpaired) electrons. The summed E-state index contributed by atoms with van der Waals surface area (Å²) in [5, 5.41) is 0.411. The predicted octanol–water partition coefficient (Wildman–Crippen LogP) is 2.39. The van der Waals surface area contributed by atoms with Gasteiger partial charge in [0.15, 0.2) is 23.9 Å². The number of amides is 2. The average molecular weight is 377 g/mol. The van der Waals surface area contributed by atoms with E-state index in [0.29, 0.717) is 27.6 Å². The maximum atomic E-state index is 11.9. The first-order chi connectivity index (χ1) is 12.4. The summed E-state index contributed by atoms with van der Waals surface area (Å²) < 4.78 is 10.5. The number of methoxy groups -OCH3 is 1. The van der Waals surface area contributed by atoms with E-state index in [1.54, 1.807) is 24.3 Å². The molecule has 0 aromatic heterocycles. The fourth-order valence-electron chi connectivity index (χ4n) is 2.01. The van der Waals surface area contributed by atoms with Gasteiger partial charge in [-0.1, -0.05) is 17.7 Å². The Morgan fingerprint density at radius 3 is 2.42 bits per heavy atom. The topological polar surface area (TPSA) is 93.7 Å². The van der Waals surface area contributed by atoms with Crippen molar-refractivity contribution in [2.75, 3.05) is 13.7 Å². The minimum absolute atomic E-state index is 0.115. The third kappa shape index (κ3) is 5.22. The quantitative estimate of drug-likeness (QED) is 0.596. The fraction of sp³-hybridized carbons (Fsp3) is 0.167. The molecule has 0 fully saturated rings. The molecule has 2 rings (SSSR count). The van der Waals surface area contributed by atoms with Crippen molar-refractivity contribution in [1.29, 1.82) is 0 Å². The summed E-state index contributed by atoms with van der Waals surface area (Å²) in [4.78, 5) is 35.1. The maximum absolute atomic E-state index is 11.9. The van der Waals surface area contributed by atoms with E-state index in [-0.39, 0.29) is 12.4 Å². The zero-order valence-corrected chi connectivity index (χ0v) is 14.9. The van der Waals surface area contributed by atoms with Crippen molar-refractivity contribution in [2.24, 2.45) is 0 Å². The van der Waals surface area contributed by atoms with E-state index >= 15 is 0 Å². The van der Waals surface area contributed by atoms with E-state index in [1.165, 1.54) is 32.2 Å². The van der Waals surface area contributed by atoms with Crippen LogP contribution in [0.3, 0.4) is 0 Å². The first-order valence-corrected chi connectivity index (χ1v) is 7.95. The molecular weight excluding hydrogens is 360 g/mol. The normalized spacial score (nSPS) is 9.96. The van der Waals surface area contributed by atoms with Crippen LogP contribution in [-0.2, 0) is 4.79 Å². The molecule has 0 bridgehead atoms. The van der Waals surface area contributed by atoms with Gasteiger partial charge in [0.25, 0.3) is 11.8 Å². The van der Waals surface area contributed by atoms with Crippen molar-refractivity contribution < 1.29 is 23.9 Å². The molecule has 0 unspecified atom stereocenters. The van der Waals surface area contributed by atoms with Gasteiger partial charge in [0.2, 0.25) is 0 Å². The molecule has 8 heteroatoms. The van der Waals surface area contributed by atoms with Crippen molar-refractivity contribution in [2.45, 2.75) is 6.92 Å². The lowest BCUT2D eigenvalue weighted by Crippen LogP contribution is -2.43. The lowest BCUT2D eigenvalue weighted by molar-refractivity contribution is -0.123. The largest absolute Gasteiger partial charge is 0.493 e. The summed E-state index contributed by atoms with van der Waals surface area (Å²) >= 11 is 5.81. The summed E-state index contributed by atoms with van der Waals surface area (Å²) in [7, 11) is 1.43. The van der Waals surface area contributed by atoms with Gasteiger partial charge in [0, 0.05) is 16.1 Å². The second-order valence-electron chi connectivity index (χ2n) is 5.22. The smallest absolute Gasteiger partial charge is 0.276 e. The van der Waals surface area contributed by atoms with Gasteiger partial charge in [0.05, 0.1) is 7.11 Å². The molecular formula is C18H17ClN2O5. The number of ketones is 1. The van der Waals surface area contributed by atoms with Gasteiger partial charge in [-0.2, -0.15) is 0 Å². The minimum Gasteiger partial charge on any atom is -0.493 e. The van der Waals surface area contributed by atoms with Crippen LogP contribution in [0.2, 0.25) is 5.02 Å². The highest BCUT2D eigenvalue weighted by molar-refractivity contribution is 6.30. The molecule has 0 aliphatic rings. The Kier molecular flexibility index (Phi) is 6.57. The summed E-state index contributed by atoms with van der Waals surface area (Å²) in [5.41, 5.74) is 5.27. The van der Waals surface area contributed by atoms with Crippen molar-refractivity contribution in [3.05, 3.63) is 58.6 Å². The number of rotatable bonds is 6. The molecule has 0 saturated carbocycles. The van der Waals surface area contributed by atoms with Crippen molar-refractivity contribution in [3.63, 3.8) is 0 Å². The van der Waals surface area contributed by atoms with Crippen LogP contribution in [0.5, 0.6) is 11.5 Å². The lowest BCUT2D eigenvalue weighted by Gasteiger charge is -2.12. The molecule has 2 amide bonds. The Hall–Kier alpha value is -3.06. The maximum Gasteiger partial charge on any atom is 0.276 e. The number of halogens is 1. The lowest BCUT2D eigenvalue weighted by atomic mass is 10.1. The van der Waals surface area contributed by atoms with E-state index in [1.807, 2.05) is 0 Å². The molecule has 0 spiro atoms. The van der Waals surface area contributed by atoms with Crippen molar-refractivity contribution in [3.8, 4) is 11.5 Å². The minimum atomic E-state index is -0.571. The average Bonchev–Trinajstić information content (AvgIpc) is 2.64. The molecule has 7 nitrogen and oxygen atoms in total. The second-order valence-corrected chi connectivity index (χ2v) is 5.66. The zero-order valence-electron chi connectivity index (χ0n) is 14.2. The number of Topliss-reactive ketones (excluding diaryl/α,β-unsaturated/α-hetero) is 1. The molecule has 2 aromatic rings. The van der Waals surface area contributed by atoms with Crippen LogP contribution in [0, 0.1) is 0 Å². The molecule has 0 aliphatic heterocycles. The standard InChI is InChI=1S/C18H17ClN2O5/c1-11(22)12-6-7-15(16(9-12)25-2)26-10-17(23)20-21-18(24)13-4-3-5-14(19)8-13/h3-9H,10H2,1-2H3,(H,20,23)(H,21,24).